The van der Waals surface area contributed by atoms with E-state index in [0.29, 0.717) is 19.0 Å². The van der Waals surface area contributed by atoms with Crippen LogP contribution < -0.4 is 15.5 Å². The van der Waals surface area contributed by atoms with Gasteiger partial charge in [-0.1, -0.05) is 25.1 Å². The standard InChI is InChI=1S/C16H25N3O/c1-3-17-14-9-11-19(12-10-16(20)18-4-2)15-8-6-5-7-13(14)15/h5-8,14,17H,3-4,9-12H2,1-2H3,(H,18,20). The number of nitrogens with one attached hydrogen (secondary N) is 2. The summed E-state index contributed by atoms with van der Waals surface area (Å²) >= 11 is 0. The summed E-state index contributed by atoms with van der Waals surface area (Å²) in [5.74, 6) is 0.138. The monoisotopic (exact) mass is 275 g/mol. The number of fused-ring (bicyclic) bond motifs is 1. The first kappa shape index (κ1) is 14.9. The first-order valence-electron chi connectivity index (χ1n) is 7.60. The van der Waals surface area contributed by atoms with Crippen molar-refractivity contribution in [2.24, 2.45) is 0 Å². The van der Waals surface area contributed by atoms with Crippen molar-refractivity contribution in [1.82, 2.24) is 10.6 Å². The van der Waals surface area contributed by atoms with Crippen LogP contribution in [0.4, 0.5) is 5.69 Å². The van der Waals surface area contributed by atoms with Gasteiger partial charge in [0.25, 0.3) is 0 Å². The van der Waals surface area contributed by atoms with E-state index < -0.39 is 0 Å². The molecule has 110 valence electrons. The van der Waals surface area contributed by atoms with Crippen molar-refractivity contribution >= 4 is 11.6 Å². The molecule has 4 heteroatoms. The zero-order valence-corrected chi connectivity index (χ0v) is 12.5. The number of nitrogens with zero attached hydrogens (tertiary/aromatic N) is 1. The molecular weight excluding hydrogens is 250 g/mol. The maximum absolute atomic E-state index is 11.6. The van der Waals surface area contributed by atoms with Crippen LogP contribution in [0.1, 0.15) is 38.3 Å². The van der Waals surface area contributed by atoms with E-state index in [9.17, 15) is 4.79 Å². The molecule has 1 heterocycles. The summed E-state index contributed by atoms with van der Waals surface area (Å²) in [6.07, 6.45) is 1.66. The molecule has 1 amide bonds. The van der Waals surface area contributed by atoms with Crippen molar-refractivity contribution in [3.63, 3.8) is 0 Å². The highest BCUT2D eigenvalue weighted by atomic mass is 16.1. The van der Waals surface area contributed by atoms with Gasteiger partial charge in [-0.3, -0.25) is 4.79 Å². The molecule has 1 aromatic rings. The van der Waals surface area contributed by atoms with Crippen LogP contribution in [0.15, 0.2) is 24.3 Å². The SMILES string of the molecule is CCNC(=O)CCN1CCC(NCC)c2ccccc21. The van der Waals surface area contributed by atoms with Gasteiger partial charge in [0.05, 0.1) is 0 Å². The normalized spacial score (nSPS) is 17.7. The number of benzene rings is 1. The average molecular weight is 275 g/mol. The lowest BCUT2D eigenvalue weighted by Gasteiger charge is -2.36. The van der Waals surface area contributed by atoms with E-state index >= 15 is 0 Å². The second-order valence-corrected chi connectivity index (χ2v) is 5.15. The molecule has 0 saturated heterocycles. The third kappa shape index (κ3) is 3.51. The summed E-state index contributed by atoms with van der Waals surface area (Å²) in [6.45, 7) is 7.59. The van der Waals surface area contributed by atoms with Crippen LogP contribution in [-0.4, -0.2) is 32.1 Å². The van der Waals surface area contributed by atoms with Gasteiger partial charge in [0.1, 0.15) is 0 Å². The van der Waals surface area contributed by atoms with Gasteiger partial charge in [0.2, 0.25) is 5.91 Å². The Balaban J connectivity index is 2.05. The molecule has 1 atom stereocenters. The van der Waals surface area contributed by atoms with Crippen molar-refractivity contribution in [2.45, 2.75) is 32.7 Å². The Hall–Kier alpha value is -1.55. The summed E-state index contributed by atoms with van der Waals surface area (Å²) in [5.41, 5.74) is 2.63. The molecule has 0 aromatic heterocycles. The molecule has 0 radical (unpaired) electrons. The van der Waals surface area contributed by atoms with E-state index in [1.54, 1.807) is 0 Å². The molecule has 0 aliphatic carbocycles. The van der Waals surface area contributed by atoms with Gasteiger partial charge >= 0.3 is 0 Å². The first-order valence-corrected chi connectivity index (χ1v) is 7.60. The fourth-order valence-electron chi connectivity index (χ4n) is 2.84. The lowest BCUT2D eigenvalue weighted by atomic mass is 9.96. The van der Waals surface area contributed by atoms with E-state index in [-0.39, 0.29) is 5.91 Å². The third-order valence-corrected chi connectivity index (χ3v) is 3.77. The second kappa shape index (κ2) is 7.29. The number of anilines is 1. The fourth-order valence-corrected chi connectivity index (χ4v) is 2.84. The molecule has 0 bridgehead atoms. The van der Waals surface area contributed by atoms with Crippen molar-refractivity contribution in [3.05, 3.63) is 29.8 Å². The lowest BCUT2D eigenvalue weighted by Crippen LogP contribution is -2.38. The van der Waals surface area contributed by atoms with Crippen LogP contribution in [0.3, 0.4) is 0 Å². The van der Waals surface area contributed by atoms with Gasteiger partial charge in [-0.15, -0.1) is 0 Å². The Kier molecular flexibility index (Phi) is 5.41. The minimum Gasteiger partial charge on any atom is -0.371 e. The van der Waals surface area contributed by atoms with Gasteiger partial charge in [-0.25, -0.2) is 0 Å². The number of para-hydroxylation sites is 1. The Morgan fingerprint density at radius 2 is 2.10 bits per heavy atom. The molecule has 20 heavy (non-hydrogen) atoms. The highest BCUT2D eigenvalue weighted by Gasteiger charge is 2.24. The van der Waals surface area contributed by atoms with Gasteiger partial charge in [0.15, 0.2) is 0 Å². The molecule has 0 fully saturated rings. The number of hydrogen-bond donors (Lipinski definition) is 2. The van der Waals surface area contributed by atoms with E-state index in [1.807, 2.05) is 6.92 Å². The highest BCUT2D eigenvalue weighted by Crippen LogP contribution is 2.33. The van der Waals surface area contributed by atoms with E-state index in [2.05, 4.69) is 46.7 Å². The Morgan fingerprint density at radius 1 is 1.30 bits per heavy atom. The highest BCUT2D eigenvalue weighted by molar-refractivity contribution is 5.76. The number of rotatable bonds is 6. The molecule has 2 N–H and O–H groups in total. The molecule has 1 aromatic carbocycles. The van der Waals surface area contributed by atoms with E-state index in [1.165, 1.54) is 11.3 Å². The van der Waals surface area contributed by atoms with Crippen LogP contribution in [0.2, 0.25) is 0 Å². The van der Waals surface area contributed by atoms with Crippen LogP contribution in [-0.2, 0) is 4.79 Å². The largest absolute Gasteiger partial charge is 0.371 e. The van der Waals surface area contributed by atoms with Crippen LogP contribution in [0.5, 0.6) is 0 Å². The van der Waals surface area contributed by atoms with Crippen molar-refractivity contribution in [2.75, 3.05) is 31.1 Å². The molecule has 4 nitrogen and oxygen atoms in total. The summed E-state index contributed by atoms with van der Waals surface area (Å²) in [6, 6.07) is 8.97. The van der Waals surface area contributed by atoms with Gasteiger partial charge in [-0.2, -0.15) is 0 Å². The fraction of sp³-hybridized carbons (Fsp3) is 0.562. The molecule has 1 aliphatic heterocycles. The van der Waals surface area contributed by atoms with Gasteiger partial charge in [-0.05, 0) is 31.5 Å². The number of hydrogen-bond acceptors (Lipinski definition) is 3. The lowest BCUT2D eigenvalue weighted by molar-refractivity contribution is -0.120. The van der Waals surface area contributed by atoms with Crippen molar-refractivity contribution < 1.29 is 4.79 Å². The zero-order valence-electron chi connectivity index (χ0n) is 12.5. The Bertz CT molecular complexity index is 447. The number of carbonyl (C=O) groups excluding carboxylic acids is 1. The maximum atomic E-state index is 11.6. The molecule has 1 unspecified atom stereocenters. The topological polar surface area (TPSA) is 44.4 Å². The molecule has 2 rings (SSSR count). The van der Waals surface area contributed by atoms with Gasteiger partial charge in [0, 0.05) is 37.8 Å². The van der Waals surface area contributed by atoms with Crippen LogP contribution >= 0.6 is 0 Å². The van der Waals surface area contributed by atoms with E-state index in [0.717, 1.165) is 26.1 Å². The minimum absolute atomic E-state index is 0.138. The smallest absolute Gasteiger partial charge is 0.221 e. The average Bonchev–Trinajstić information content (AvgIpc) is 2.47. The quantitative estimate of drug-likeness (QED) is 0.835. The van der Waals surface area contributed by atoms with Crippen LogP contribution in [0, 0.1) is 0 Å². The molecule has 0 saturated carbocycles. The number of carbonyl (C=O) groups is 1. The number of amides is 1. The molecule has 0 spiro atoms. The summed E-state index contributed by atoms with van der Waals surface area (Å²) in [5, 5.41) is 6.40. The minimum atomic E-state index is 0.138. The Labute approximate surface area is 121 Å². The van der Waals surface area contributed by atoms with Crippen molar-refractivity contribution in [3.8, 4) is 0 Å². The maximum Gasteiger partial charge on any atom is 0.221 e. The summed E-state index contributed by atoms with van der Waals surface area (Å²) in [7, 11) is 0. The predicted molar refractivity (Wildman–Crippen MR) is 83.0 cm³/mol. The van der Waals surface area contributed by atoms with Gasteiger partial charge < -0.3 is 15.5 Å². The first-order chi connectivity index (χ1) is 9.76. The zero-order chi connectivity index (χ0) is 14.4. The summed E-state index contributed by atoms with van der Waals surface area (Å²) < 4.78 is 0. The Morgan fingerprint density at radius 3 is 2.85 bits per heavy atom. The third-order valence-electron chi connectivity index (χ3n) is 3.77. The second-order valence-electron chi connectivity index (χ2n) is 5.15. The predicted octanol–water partition coefficient (Wildman–Crippen LogP) is 2.07. The molecule has 1 aliphatic rings. The molecular formula is C16H25N3O. The summed E-state index contributed by atoms with van der Waals surface area (Å²) in [4.78, 5) is 13.9. The van der Waals surface area contributed by atoms with E-state index in [4.69, 9.17) is 0 Å². The van der Waals surface area contributed by atoms with Crippen molar-refractivity contribution in [1.29, 1.82) is 0 Å². The van der Waals surface area contributed by atoms with Crippen LogP contribution in [0.25, 0.3) is 0 Å².